The topological polar surface area (TPSA) is 43.7 Å². The molecular weight excluding hydrogens is 202 g/mol. The Morgan fingerprint density at radius 3 is 2.62 bits per heavy atom. The molecule has 2 saturated heterocycles. The number of fused-ring (bicyclic) bond motifs is 1. The van der Waals surface area contributed by atoms with E-state index in [0.29, 0.717) is 6.04 Å². The van der Waals surface area contributed by atoms with Crippen LogP contribution >= 0.6 is 0 Å². The molecule has 4 unspecified atom stereocenters. The number of rotatable bonds is 1. The van der Waals surface area contributed by atoms with Crippen LogP contribution in [0.3, 0.4) is 0 Å². The summed E-state index contributed by atoms with van der Waals surface area (Å²) in [4.78, 5) is 2.04. The summed E-state index contributed by atoms with van der Waals surface area (Å²) >= 11 is 0. The molecule has 0 aliphatic carbocycles. The summed E-state index contributed by atoms with van der Waals surface area (Å²) in [6, 6.07) is 10.4. The molecule has 2 fully saturated rings. The zero-order valence-corrected chi connectivity index (χ0v) is 9.16. The minimum Gasteiger partial charge on any atom is -0.388 e. The first-order valence-corrected chi connectivity index (χ1v) is 5.96. The molecule has 2 heterocycles. The van der Waals surface area contributed by atoms with Crippen molar-refractivity contribution in [2.75, 3.05) is 6.54 Å². The van der Waals surface area contributed by atoms with Gasteiger partial charge in [-0.2, -0.15) is 0 Å². The first-order chi connectivity index (χ1) is 7.79. The van der Waals surface area contributed by atoms with E-state index in [4.69, 9.17) is 0 Å². The SMILES string of the molecule is OC1C(c2ccccc2)C2CCCN2C1O. The Balaban J connectivity index is 1.95. The molecule has 0 aromatic heterocycles. The molecule has 0 spiro atoms. The largest absolute Gasteiger partial charge is 0.388 e. The first kappa shape index (κ1) is 10.3. The average Bonchev–Trinajstić information content (AvgIpc) is 2.86. The van der Waals surface area contributed by atoms with E-state index in [1.807, 2.05) is 35.2 Å². The lowest BCUT2D eigenvalue weighted by molar-refractivity contribution is -0.0369. The third-order valence-corrected chi connectivity index (χ3v) is 3.95. The Labute approximate surface area is 95.3 Å². The van der Waals surface area contributed by atoms with Crippen LogP contribution in [0.5, 0.6) is 0 Å². The maximum Gasteiger partial charge on any atom is 0.134 e. The predicted octanol–water partition coefficient (Wildman–Crippen LogP) is 0.927. The second-order valence-corrected chi connectivity index (χ2v) is 4.79. The molecule has 1 aromatic carbocycles. The molecule has 0 amide bonds. The van der Waals surface area contributed by atoms with Crippen LogP contribution in [0.25, 0.3) is 0 Å². The highest BCUT2D eigenvalue weighted by Gasteiger charge is 2.49. The van der Waals surface area contributed by atoms with Gasteiger partial charge < -0.3 is 10.2 Å². The monoisotopic (exact) mass is 219 g/mol. The number of nitrogens with zero attached hydrogens (tertiary/aromatic N) is 1. The molecule has 3 rings (SSSR count). The van der Waals surface area contributed by atoms with E-state index in [1.54, 1.807) is 0 Å². The molecule has 16 heavy (non-hydrogen) atoms. The Bertz CT molecular complexity index is 367. The third kappa shape index (κ3) is 1.39. The molecule has 4 atom stereocenters. The number of aliphatic hydroxyl groups is 2. The van der Waals surface area contributed by atoms with Crippen LogP contribution in [0, 0.1) is 0 Å². The molecule has 0 bridgehead atoms. The van der Waals surface area contributed by atoms with Crippen LogP contribution < -0.4 is 0 Å². The minimum atomic E-state index is -0.683. The van der Waals surface area contributed by atoms with Gasteiger partial charge in [0.2, 0.25) is 0 Å². The van der Waals surface area contributed by atoms with Crippen molar-refractivity contribution in [1.82, 2.24) is 4.90 Å². The highest BCUT2D eigenvalue weighted by molar-refractivity contribution is 5.26. The van der Waals surface area contributed by atoms with Gasteiger partial charge in [-0.05, 0) is 18.4 Å². The second kappa shape index (κ2) is 3.84. The molecule has 3 heteroatoms. The molecule has 0 radical (unpaired) electrons. The van der Waals surface area contributed by atoms with Crippen LogP contribution in [0.2, 0.25) is 0 Å². The number of benzene rings is 1. The van der Waals surface area contributed by atoms with Gasteiger partial charge in [0.05, 0.1) is 0 Å². The molecule has 2 aliphatic heterocycles. The Kier molecular flexibility index (Phi) is 2.46. The zero-order valence-electron chi connectivity index (χ0n) is 9.16. The van der Waals surface area contributed by atoms with Crippen molar-refractivity contribution >= 4 is 0 Å². The van der Waals surface area contributed by atoms with Crippen LogP contribution in [-0.2, 0) is 0 Å². The van der Waals surface area contributed by atoms with Crippen LogP contribution in [-0.4, -0.2) is 40.0 Å². The molecule has 1 aromatic rings. The molecular formula is C13H17NO2. The van der Waals surface area contributed by atoms with Gasteiger partial charge in [0.25, 0.3) is 0 Å². The molecule has 0 saturated carbocycles. The predicted molar refractivity (Wildman–Crippen MR) is 60.9 cm³/mol. The molecule has 86 valence electrons. The van der Waals surface area contributed by atoms with E-state index >= 15 is 0 Å². The van der Waals surface area contributed by atoms with Crippen molar-refractivity contribution in [3.63, 3.8) is 0 Å². The normalized spacial score (nSPS) is 38.9. The fourth-order valence-electron chi connectivity index (χ4n) is 3.23. The lowest BCUT2D eigenvalue weighted by Crippen LogP contribution is -2.35. The summed E-state index contributed by atoms with van der Waals surface area (Å²) in [7, 11) is 0. The highest BCUT2D eigenvalue weighted by atomic mass is 16.3. The summed E-state index contributed by atoms with van der Waals surface area (Å²) in [5.74, 6) is 0.0682. The standard InChI is InChI=1S/C13H17NO2/c15-12-11(9-5-2-1-3-6-9)10-7-4-8-14(10)13(12)16/h1-3,5-6,10-13,15-16H,4,7-8H2. The van der Waals surface area contributed by atoms with E-state index in [-0.39, 0.29) is 5.92 Å². The maximum absolute atomic E-state index is 10.1. The summed E-state index contributed by atoms with van der Waals surface area (Å²) in [5, 5.41) is 20.1. The summed E-state index contributed by atoms with van der Waals surface area (Å²) in [6.45, 7) is 0.909. The van der Waals surface area contributed by atoms with Crippen LogP contribution in [0.1, 0.15) is 24.3 Å². The van der Waals surface area contributed by atoms with E-state index < -0.39 is 12.3 Å². The fourth-order valence-corrected chi connectivity index (χ4v) is 3.23. The Morgan fingerprint density at radius 2 is 1.88 bits per heavy atom. The smallest absolute Gasteiger partial charge is 0.134 e. The van der Waals surface area contributed by atoms with Gasteiger partial charge in [-0.1, -0.05) is 30.3 Å². The lowest BCUT2D eigenvalue weighted by atomic mass is 9.88. The second-order valence-electron chi connectivity index (χ2n) is 4.79. The van der Waals surface area contributed by atoms with Crippen LogP contribution in [0.4, 0.5) is 0 Å². The third-order valence-electron chi connectivity index (χ3n) is 3.95. The van der Waals surface area contributed by atoms with Crippen LogP contribution in [0.15, 0.2) is 30.3 Å². The molecule has 2 N–H and O–H groups in total. The summed E-state index contributed by atoms with van der Waals surface area (Å²) < 4.78 is 0. The van der Waals surface area contributed by atoms with Gasteiger partial charge in [-0.25, -0.2) is 0 Å². The molecule has 2 aliphatic rings. The van der Waals surface area contributed by atoms with Gasteiger partial charge in [-0.15, -0.1) is 0 Å². The quantitative estimate of drug-likeness (QED) is 0.738. The van der Waals surface area contributed by atoms with E-state index in [2.05, 4.69) is 0 Å². The van der Waals surface area contributed by atoms with E-state index in [9.17, 15) is 10.2 Å². The fraction of sp³-hybridized carbons (Fsp3) is 0.538. The number of aliphatic hydroxyl groups excluding tert-OH is 2. The van der Waals surface area contributed by atoms with Crippen molar-refractivity contribution in [1.29, 1.82) is 0 Å². The van der Waals surface area contributed by atoms with E-state index in [1.165, 1.54) is 0 Å². The minimum absolute atomic E-state index is 0.0682. The van der Waals surface area contributed by atoms with Crippen molar-refractivity contribution in [3.05, 3.63) is 35.9 Å². The zero-order chi connectivity index (χ0) is 11.1. The van der Waals surface area contributed by atoms with E-state index in [0.717, 1.165) is 24.9 Å². The summed E-state index contributed by atoms with van der Waals surface area (Å²) in [5.41, 5.74) is 1.14. The van der Waals surface area contributed by atoms with Crippen molar-refractivity contribution in [3.8, 4) is 0 Å². The van der Waals surface area contributed by atoms with Gasteiger partial charge in [0.15, 0.2) is 0 Å². The van der Waals surface area contributed by atoms with Crippen molar-refractivity contribution < 1.29 is 10.2 Å². The average molecular weight is 219 g/mol. The van der Waals surface area contributed by atoms with Gasteiger partial charge in [-0.3, -0.25) is 4.90 Å². The number of hydrogen-bond acceptors (Lipinski definition) is 3. The van der Waals surface area contributed by atoms with Crippen molar-refractivity contribution in [2.45, 2.75) is 37.1 Å². The maximum atomic E-state index is 10.1. The number of hydrogen-bond donors (Lipinski definition) is 2. The highest BCUT2D eigenvalue weighted by Crippen LogP contribution is 2.42. The van der Waals surface area contributed by atoms with Gasteiger partial charge in [0.1, 0.15) is 12.3 Å². The van der Waals surface area contributed by atoms with Crippen molar-refractivity contribution in [2.24, 2.45) is 0 Å². The first-order valence-electron chi connectivity index (χ1n) is 5.96. The summed E-state index contributed by atoms with van der Waals surface area (Å²) in [6.07, 6.45) is 0.872. The van der Waals surface area contributed by atoms with Gasteiger partial charge >= 0.3 is 0 Å². The molecule has 3 nitrogen and oxygen atoms in total. The Morgan fingerprint density at radius 1 is 1.12 bits per heavy atom. The lowest BCUT2D eigenvalue weighted by Gasteiger charge is -2.20. The van der Waals surface area contributed by atoms with Gasteiger partial charge in [0, 0.05) is 18.5 Å². The Hall–Kier alpha value is -0.900.